The molecule has 0 spiro atoms. The van der Waals surface area contributed by atoms with Gasteiger partial charge in [0.25, 0.3) is 5.91 Å². The second-order valence-electron chi connectivity index (χ2n) is 4.65. The zero-order valence-corrected chi connectivity index (χ0v) is 13.5. The Hall–Kier alpha value is -2.21. The van der Waals surface area contributed by atoms with E-state index in [0.717, 1.165) is 10.0 Å². The number of rotatable bonds is 5. The van der Waals surface area contributed by atoms with Gasteiger partial charge in [-0.25, -0.2) is 4.79 Å². The lowest BCUT2D eigenvalue weighted by atomic mass is 10.1. The number of pyridine rings is 1. The first-order chi connectivity index (χ1) is 10.6. The number of esters is 1. The molecule has 5 nitrogen and oxygen atoms in total. The maximum atomic E-state index is 11.8. The predicted octanol–water partition coefficient (Wildman–Crippen LogP) is 2.88. The van der Waals surface area contributed by atoms with Crippen LogP contribution in [0.3, 0.4) is 0 Å². The summed E-state index contributed by atoms with van der Waals surface area (Å²) in [4.78, 5) is 27.3. The SMILES string of the molecule is C[C@H](NC(=O)COC(=O)c1ccncc1)c1ccc(Br)cc1. The van der Waals surface area contributed by atoms with E-state index in [1.54, 1.807) is 0 Å². The normalized spacial score (nSPS) is 11.5. The molecule has 0 radical (unpaired) electrons. The third kappa shape index (κ3) is 4.66. The molecule has 22 heavy (non-hydrogen) atoms. The van der Waals surface area contributed by atoms with Crippen LogP contribution in [0, 0.1) is 0 Å². The number of nitrogens with one attached hydrogen (secondary N) is 1. The van der Waals surface area contributed by atoms with Gasteiger partial charge in [0.2, 0.25) is 0 Å². The Balaban J connectivity index is 1.83. The lowest BCUT2D eigenvalue weighted by molar-refractivity contribution is -0.124. The van der Waals surface area contributed by atoms with Gasteiger partial charge >= 0.3 is 5.97 Å². The molecule has 1 N–H and O–H groups in total. The zero-order valence-electron chi connectivity index (χ0n) is 12.0. The van der Waals surface area contributed by atoms with Gasteiger partial charge < -0.3 is 10.1 Å². The molecular weight excluding hydrogens is 348 g/mol. The highest BCUT2D eigenvalue weighted by atomic mass is 79.9. The van der Waals surface area contributed by atoms with Crippen LogP contribution in [0.1, 0.15) is 28.9 Å². The molecule has 0 aliphatic carbocycles. The molecule has 0 aliphatic heterocycles. The smallest absolute Gasteiger partial charge is 0.338 e. The van der Waals surface area contributed by atoms with Crippen LogP contribution in [-0.2, 0) is 9.53 Å². The molecule has 1 aromatic carbocycles. The van der Waals surface area contributed by atoms with Gasteiger partial charge in [0.05, 0.1) is 11.6 Å². The fourth-order valence-corrected chi connectivity index (χ4v) is 2.08. The van der Waals surface area contributed by atoms with E-state index < -0.39 is 5.97 Å². The third-order valence-corrected chi connectivity index (χ3v) is 3.53. The summed E-state index contributed by atoms with van der Waals surface area (Å²) in [6.07, 6.45) is 2.98. The van der Waals surface area contributed by atoms with Crippen LogP contribution in [0.15, 0.2) is 53.3 Å². The van der Waals surface area contributed by atoms with Gasteiger partial charge in [-0.1, -0.05) is 28.1 Å². The van der Waals surface area contributed by atoms with Gasteiger partial charge in [0, 0.05) is 16.9 Å². The minimum absolute atomic E-state index is 0.166. The number of amides is 1. The fraction of sp³-hybridized carbons (Fsp3) is 0.188. The fourth-order valence-electron chi connectivity index (χ4n) is 1.82. The first-order valence-corrected chi connectivity index (χ1v) is 7.47. The van der Waals surface area contributed by atoms with Crippen LogP contribution in [0.25, 0.3) is 0 Å². The summed E-state index contributed by atoms with van der Waals surface area (Å²) in [6.45, 7) is 1.55. The third-order valence-electron chi connectivity index (χ3n) is 3.00. The molecule has 2 aromatic rings. The highest BCUT2D eigenvalue weighted by Gasteiger charge is 2.13. The second-order valence-corrected chi connectivity index (χ2v) is 5.57. The monoisotopic (exact) mass is 362 g/mol. The van der Waals surface area contributed by atoms with Crippen molar-refractivity contribution in [1.29, 1.82) is 0 Å². The lowest BCUT2D eigenvalue weighted by Crippen LogP contribution is -2.31. The van der Waals surface area contributed by atoms with E-state index in [0.29, 0.717) is 5.56 Å². The molecule has 0 bridgehead atoms. The van der Waals surface area contributed by atoms with Crippen molar-refractivity contribution in [2.24, 2.45) is 0 Å². The summed E-state index contributed by atoms with van der Waals surface area (Å²) in [5, 5.41) is 2.78. The average molecular weight is 363 g/mol. The summed E-state index contributed by atoms with van der Waals surface area (Å²) in [6, 6.07) is 10.5. The summed E-state index contributed by atoms with van der Waals surface area (Å²) in [7, 11) is 0. The highest BCUT2D eigenvalue weighted by Crippen LogP contribution is 2.16. The minimum Gasteiger partial charge on any atom is -0.452 e. The quantitative estimate of drug-likeness (QED) is 0.830. The topological polar surface area (TPSA) is 68.3 Å². The van der Waals surface area contributed by atoms with Crippen LogP contribution >= 0.6 is 15.9 Å². The number of carbonyl (C=O) groups is 2. The van der Waals surface area contributed by atoms with Gasteiger partial charge in [0.15, 0.2) is 6.61 Å². The van der Waals surface area contributed by atoms with Gasteiger partial charge in [-0.15, -0.1) is 0 Å². The largest absolute Gasteiger partial charge is 0.452 e. The summed E-state index contributed by atoms with van der Waals surface area (Å²) in [5.41, 5.74) is 1.33. The van der Waals surface area contributed by atoms with Crippen LogP contribution in [0.2, 0.25) is 0 Å². The summed E-state index contributed by atoms with van der Waals surface area (Å²) in [5.74, 6) is -0.897. The Bertz CT molecular complexity index is 644. The molecule has 0 unspecified atom stereocenters. The number of hydrogen-bond acceptors (Lipinski definition) is 4. The maximum absolute atomic E-state index is 11.8. The average Bonchev–Trinajstić information content (AvgIpc) is 2.54. The molecule has 1 heterocycles. The number of hydrogen-bond donors (Lipinski definition) is 1. The van der Waals surface area contributed by atoms with Crippen molar-refractivity contribution in [1.82, 2.24) is 10.3 Å². The molecule has 1 aromatic heterocycles. The minimum atomic E-state index is -0.547. The first-order valence-electron chi connectivity index (χ1n) is 6.68. The molecule has 0 saturated heterocycles. The van der Waals surface area contributed by atoms with E-state index >= 15 is 0 Å². The van der Waals surface area contributed by atoms with E-state index in [1.807, 2.05) is 31.2 Å². The van der Waals surface area contributed by atoms with Crippen molar-refractivity contribution >= 4 is 27.8 Å². The Labute approximate surface area is 136 Å². The molecule has 114 valence electrons. The number of halogens is 1. The Morgan fingerprint density at radius 1 is 1.18 bits per heavy atom. The molecule has 1 atom stereocenters. The van der Waals surface area contributed by atoms with Crippen LogP contribution in [0.4, 0.5) is 0 Å². The van der Waals surface area contributed by atoms with E-state index in [-0.39, 0.29) is 18.6 Å². The van der Waals surface area contributed by atoms with Crippen molar-refractivity contribution in [3.05, 3.63) is 64.4 Å². The summed E-state index contributed by atoms with van der Waals surface area (Å²) < 4.78 is 5.93. The molecule has 2 rings (SSSR count). The number of ether oxygens (including phenoxy) is 1. The number of aromatic nitrogens is 1. The van der Waals surface area contributed by atoms with Crippen molar-refractivity contribution in [2.75, 3.05) is 6.61 Å². The van der Waals surface area contributed by atoms with Gasteiger partial charge in [-0.3, -0.25) is 9.78 Å². The van der Waals surface area contributed by atoms with Gasteiger partial charge in [-0.2, -0.15) is 0 Å². The van der Waals surface area contributed by atoms with E-state index in [1.165, 1.54) is 24.5 Å². The van der Waals surface area contributed by atoms with Crippen LogP contribution < -0.4 is 5.32 Å². The van der Waals surface area contributed by atoms with Crippen molar-refractivity contribution < 1.29 is 14.3 Å². The van der Waals surface area contributed by atoms with Crippen LogP contribution in [0.5, 0.6) is 0 Å². The molecule has 0 fully saturated rings. The number of benzene rings is 1. The van der Waals surface area contributed by atoms with E-state index in [9.17, 15) is 9.59 Å². The number of carbonyl (C=O) groups excluding carboxylic acids is 2. The maximum Gasteiger partial charge on any atom is 0.338 e. The zero-order chi connectivity index (χ0) is 15.9. The highest BCUT2D eigenvalue weighted by molar-refractivity contribution is 9.10. The standard InChI is InChI=1S/C16H15BrN2O3/c1-11(12-2-4-14(17)5-3-12)19-15(20)10-22-16(21)13-6-8-18-9-7-13/h2-9,11H,10H2,1H3,(H,19,20)/t11-/m0/s1. The molecule has 6 heteroatoms. The van der Waals surface area contributed by atoms with Crippen molar-refractivity contribution in [2.45, 2.75) is 13.0 Å². The molecule has 0 saturated carbocycles. The van der Waals surface area contributed by atoms with Crippen molar-refractivity contribution in [3.8, 4) is 0 Å². The predicted molar refractivity (Wildman–Crippen MR) is 85.2 cm³/mol. The molecular formula is C16H15BrN2O3. The Morgan fingerprint density at radius 3 is 2.45 bits per heavy atom. The number of nitrogens with zero attached hydrogens (tertiary/aromatic N) is 1. The van der Waals surface area contributed by atoms with Gasteiger partial charge in [0.1, 0.15) is 0 Å². The van der Waals surface area contributed by atoms with Gasteiger partial charge in [-0.05, 0) is 36.8 Å². The van der Waals surface area contributed by atoms with Crippen molar-refractivity contribution in [3.63, 3.8) is 0 Å². The Morgan fingerprint density at radius 2 is 1.82 bits per heavy atom. The van der Waals surface area contributed by atoms with E-state index in [4.69, 9.17) is 4.74 Å². The molecule has 0 aliphatic rings. The van der Waals surface area contributed by atoms with Crippen LogP contribution in [-0.4, -0.2) is 23.5 Å². The lowest BCUT2D eigenvalue weighted by Gasteiger charge is -2.14. The van der Waals surface area contributed by atoms with E-state index in [2.05, 4.69) is 26.2 Å². The second kappa shape index (κ2) is 7.70. The first kappa shape index (κ1) is 16.2. The molecule has 1 amide bonds. The summed E-state index contributed by atoms with van der Waals surface area (Å²) >= 11 is 3.36. The Kier molecular flexibility index (Phi) is 5.66.